The number of fused-ring (bicyclic) bond motifs is 2. The molecule has 8 heteroatoms. The lowest BCUT2D eigenvalue weighted by Crippen LogP contribution is -2.30. The number of rotatable bonds is 5. The fraction of sp³-hybridized carbons (Fsp3) is 0.160. The third-order valence-corrected chi connectivity index (χ3v) is 7.31. The van der Waals surface area contributed by atoms with Crippen molar-refractivity contribution in [2.24, 2.45) is 0 Å². The molecule has 0 radical (unpaired) electrons. The standard InChI is InChI=1S/C25H21NO6S/c1-3-16-8-11-18(12-9-16)26-24(28)15(2)32-25(29)17-10-13-20-22(14-17)33(30,31)21-7-5-4-6-19(21)23(20)27/h4-15H,3H2,1-2H3,(H,26,28)/t15-/m1/s1. The van der Waals surface area contributed by atoms with Crippen molar-refractivity contribution < 1.29 is 27.5 Å². The molecular formula is C25H21NO6S. The Morgan fingerprint density at radius 3 is 2.30 bits per heavy atom. The average molecular weight is 464 g/mol. The number of aryl methyl sites for hydroxylation is 1. The van der Waals surface area contributed by atoms with Gasteiger partial charge in [-0.15, -0.1) is 0 Å². The fourth-order valence-electron chi connectivity index (χ4n) is 3.56. The molecule has 7 nitrogen and oxygen atoms in total. The van der Waals surface area contributed by atoms with Crippen molar-refractivity contribution in [3.05, 3.63) is 89.0 Å². The maximum absolute atomic E-state index is 13.0. The zero-order valence-corrected chi connectivity index (χ0v) is 18.8. The minimum absolute atomic E-state index is 0.00781. The monoisotopic (exact) mass is 463 g/mol. The number of ketones is 1. The molecule has 3 aromatic carbocycles. The van der Waals surface area contributed by atoms with Gasteiger partial charge in [0, 0.05) is 16.8 Å². The largest absolute Gasteiger partial charge is 0.449 e. The molecule has 0 aromatic heterocycles. The summed E-state index contributed by atoms with van der Waals surface area (Å²) in [5, 5.41) is 2.67. The van der Waals surface area contributed by atoms with Crippen LogP contribution in [0.5, 0.6) is 0 Å². The van der Waals surface area contributed by atoms with Crippen LogP contribution in [0.4, 0.5) is 5.69 Å². The van der Waals surface area contributed by atoms with Crippen molar-refractivity contribution in [3.8, 4) is 0 Å². The van der Waals surface area contributed by atoms with Gasteiger partial charge in [0.1, 0.15) is 0 Å². The molecule has 0 fully saturated rings. The van der Waals surface area contributed by atoms with Gasteiger partial charge in [0.15, 0.2) is 11.9 Å². The summed E-state index contributed by atoms with van der Waals surface area (Å²) in [4.78, 5) is 37.4. The smallest absolute Gasteiger partial charge is 0.338 e. The van der Waals surface area contributed by atoms with Crippen LogP contribution in [0, 0.1) is 0 Å². The zero-order chi connectivity index (χ0) is 23.8. The number of benzene rings is 3. The number of sulfone groups is 1. The molecule has 0 saturated heterocycles. The molecular weight excluding hydrogens is 442 g/mol. The van der Waals surface area contributed by atoms with Crippen LogP contribution in [-0.4, -0.2) is 32.2 Å². The Morgan fingerprint density at radius 1 is 0.939 bits per heavy atom. The number of esters is 1. The van der Waals surface area contributed by atoms with E-state index in [1.54, 1.807) is 18.2 Å². The van der Waals surface area contributed by atoms with Gasteiger partial charge in [-0.2, -0.15) is 0 Å². The van der Waals surface area contributed by atoms with Gasteiger partial charge in [0.05, 0.1) is 15.4 Å². The second kappa shape index (κ2) is 8.63. The Labute approximate surface area is 191 Å². The van der Waals surface area contributed by atoms with Crippen LogP contribution in [-0.2, 0) is 25.8 Å². The van der Waals surface area contributed by atoms with E-state index in [1.165, 1.54) is 37.3 Å². The molecule has 168 valence electrons. The third-order valence-electron chi connectivity index (χ3n) is 5.46. The lowest BCUT2D eigenvalue weighted by atomic mass is 10.0. The summed E-state index contributed by atoms with van der Waals surface area (Å²) in [5.41, 5.74) is 1.70. The number of hydrogen-bond donors (Lipinski definition) is 1. The first kappa shape index (κ1) is 22.4. The van der Waals surface area contributed by atoms with Crippen LogP contribution in [0.3, 0.4) is 0 Å². The van der Waals surface area contributed by atoms with E-state index < -0.39 is 33.6 Å². The van der Waals surface area contributed by atoms with Crippen molar-refractivity contribution in [3.63, 3.8) is 0 Å². The molecule has 1 amide bonds. The van der Waals surface area contributed by atoms with Crippen LogP contribution < -0.4 is 5.32 Å². The molecule has 4 rings (SSSR count). The molecule has 1 N–H and O–H groups in total. The SMILES string of the molecule is CCc1ccc(NC(=O)[C@@H](C)OC(=O)c2ccc3c(c2)S(=O)(=O)c2ccccc2C3=O)cc1. The minimum atomic E-state index is -3.99. The summed E-state index contributed by atoms with van der Waals surface area (Å²) >= 11 is 0. The molecule has 0 spiro atoms. The van der Waals surface area contributed by atoms with Gasteiger partial charge in [-0.25, -0.2) is 13.2 Å². The van der Waals surface area contributed by atoms with Crippen molar-refractivity contribution in [2.45, 2.75) is 36.2 Å². The van der Waals surface area contributed by atoms with Crippen molar-refractivity contribution >= 4 is 33.2 Å². The Bertz CT molecular complexity index is 1380. The van der Waals surface area contributed by atoms with Crippen molar-refractivity contribution in [1.29, 1.82) is 0 Å². The van der Waals surface area contributed by atoms with Crippen molar-refractivity contribution in [2.75, 3.05) is 5.32 Å². The first-order valence-corrected chi connectivity index (χ1v) is 11.8. The van der Waals surface area contributed by atoms with E-state index in [-0.39, 0.29) is 26.5 Å². The quantitative estimate of drug-likeness (QED) is 0.451. The Hall–Kier alpha value is -3.78. The van der Waals surface area contributed by atoms with Crippen LogP contribution >= 0.6 is 0 Å². The summed E-state index contributed by atoms with van der Waals surface area (Å²) in [6.45, 7) is 3.44. The van der Waals surface area contributed by atoms with Gasteiger partial charge in [0.25, 0.3) is 5.91 Å². The number of hydrogen-bond acceptors (Lipinski definition) is 6. The molecule has 1 atom stereocenters. The van der Waals surface area contributed by atoms with E-state index >= 15 is 0 Å². The number of carbonyl (C=O) groups excluding carboxylic acids is 3. The Balaban J connectivity index is 1.53. The molecule has 0 saturated carbocycles. The molecule has 33 heavy (non-hydrogen) atoms. The van der Waals surface area contributed by atoms with Gasteiger partial charge in [-0.3, -0.25) is 9.59 Å². The normalized spacial score (nSPS) is 14.5. The zero-order valence-electron chi connectivity index (χ0n) is 18.0. The first-order valence-electron chi connectivity index (χ1n) is 10.4. The number of anilines is 1. The predicted octanol–water partition coefficient (Wildman–Crippen LogP) is 3.81. The molecule has 1 aliphatic rings. The molecule has 0 aliphatic carbocycles. The van der Waals surface area contributed by atoms with Crippen LogP contribution in [0.25, 0.3) is 0 Å². The predicted molar refractivity (Wildman–Crippen MR) is 121 cm³/mol. The number of ether oxygens (including phenoxy) is 1. The van der Waals surface area contributed by atoms with E-state index in [2.05, 4.69) is 5.32 Å². The molecule has 0 bridgehead atoms. The highest BCUT2D eigenvalue weighted by Gasteiger charge is 2.35. The van der Waals surface area contributed by atoms with E-state index in [0.29, 0.717) is 5.69 Å². The second-order valence-electron chi connectivity index (χ2n) is 7.63. The van der Waals surface area contributed by atoms with Crippen LogP contribution in [0.15, 0.2) is 76.5 Å². The number of nitrogens with one attached hydrogen (secondary N) is 1. The van der Waals surface area contributed by atoms with Gasteiger partial charge >= 0.3 is 5.97 Å². The highest BCUT2D eigenvalue weighted by molar-refractivity contribution is 7.91. The lowest BCUT2D eigenvalue weighted by molar-refractivity contribution is -0.123. The Morgan fingerprint density at radius 2 is 1.61 bits per heavy atom. The molecule has 3 aromatic rings. The summed E-state index contributed by atoms with van der Waals surface area (Å²) in [7, 11) is -3.99. The van der Waals surface area contributed by atoms with E-state index in [9.17, 15) is 22.8 Å². The second-order valence-corrected chi connectivity index (χ2v) is 9.51. The maximum atomic E-state index is 13.0. The topological polar surface area (TPSA) is 107 Å². The molecule has 1 aliphatic heterocycles. The maximum Gasteiger partial charge on any atom is 0.338 e. The fourth-order valence-corrected chi connectivity index (χ4v) is 5.24. The van der Waals surface area contributed by atoms with Gasteiger partial charge in [-0.1, -0.05) is 31.2 Å². The van der Waals surface area contributed by atoms with E-state index in [0.717, 1.165) is 18.1 Å². The third kappa shape index (κ3) is 4.17. The van der Waals surface area contributed by atoms with Gasteiger partial charge < -0.3 is 10.1 Å². The highest BCUT2D eigenvalue weighted by Crippen LogP contribution is 2.34. The highest BCUT2D eigenvalue weighted by atomic mass is 32.2. The summed E-state index contributed by atoms with van der Waals surface area (Å²) in [5.74, 6) is -1.83. The van der Waals surface area contributed by atoms with E-state index in [4.69, 9.17) is 4.74 Å². The summed E-state index contributed by atoms with van der Waals surface area (Å²) in [6, 6.07) is 17.0. The van der Waals surface area contributed by atoms with Gasteiger partial charge in [0.2, 0.25) is 9.84 Å². The summed E-state index contributed by atoms with van der Waals surface area (Å²) in [6.07, 6.45) is -0.256. The lowest BCUT2D eigenvalue weighted by Gasteiger charge is -2.19. The molecule has 1 heterocycles. The average Bonchev–Trinajstić information content (AvgIpc) is 2.83. The van der Waals surface area contributed by atoms with Crippen LogP contribution in [0.2, 0.25) is 0 Å². The van der Waals surface area contributed by atoms with Crippen molar-refractivity contribution in [1.82, 2.24) is 0 Å². The first-order chi connectivity index (χ1) is 15.7. The Kier molecular flexibility index (Phi) is 5.86. The van der Waals surface area contributed by atoms with E-state index in [1.807, 2.05) is 19.1 Å². The van der Waals surface area contributed by atoms with Gasteiger partial charge in [-0.05, 0) is 61.4 Å². The minimum Gasteiger partial charge on any atom is -0.449 e. The number of amides is 1. The molecule has 0 unspecified atom stereocenters. The number of carbonyl (C=O) groups is 3. The summed E-state index contributed by atoms with van der Waals surface area (Å²) < 4.78 is 31.3. The van der Waals surface area contributed by atoms with Crippen LogP contribution in [0.1, 0.15) is 45.7 Å².